The van der Waals surface area contributed by atoms with Crippen molar-refractivity contribution < 1.29 is 23.4 Å². The third kappa shape index (κ3) is 1.70. The molecule has 0 aromatic heterocycles. The van der Waals surface area contributed by atoms with Gasteiger partial charge in [-0.3, -0.25) is 9.32 Å². The Bertz CT molecular complexity index is 298. The van der Waals surface area contributed by atoms with E-state index in [0.717, 1.165) is 19.3 Å². The van der Waals surface area contributed by atoms with Gasteiger partial charge in [-0.25, -0.2) is 10.0 Å². The maximum atomic E-state index is 11.5. The average Bonchev–Trinajstić information content (AvgIpc) is 2.13. The first kappa shape index (κ1) is 10.1. The van der Waals surface area contributed by atoms with Gasteiger partial charge in [-0.15, -0.1) is 0 Å². The summed E-state index contributed by atoms with van der Waals surface area (Å²) in [4.78, 5) is 20.6. The quantitative estimate of drug-likeness (QED) is 0.593. The van der Waals surface area contributed by atoms with Gasteiger partial charge < -0.3 is 4.89 Å². The Kier molecular flexibility index (Phi) is 2.39. The second-order valence-corrected chi connectivity index (χ2v) is 4.94. The fraction of sp³-hybridized carbons (Fsp3) is 0.857. The van der Waals surface area contributed by atoms with Crippen molar-refractivity contribution in [3.8, 4) is 0 Å². The fourth-order valence-corrected chi connectivity index (χ4v) is 2.86. The second kappa shape index (κ2) is 3.31. The summed E-state index contributed by atoms with van der Waals surface area (Å²) in [6.07, 6.45) is 3.63. The van der Waals surface area contributed by atoms with Crippen molar-refractivity contribution in [1.82, 2.24) is 5.48 Å². The zero-order valence-corrected chi connectivity index (χ0v) is 8.46. The Balaban J connectivity index is 2.21. The van der Waals surface area contributed by atoms with Crippen molar-refractivity contribution >= 4 is 13.7 Å². The van der Waals surface area contributed by atoms with Gasteiger partial charge in [0, 0.05) is 0 Å². The van der Waals surface area contributed by atoms with Crippen LogP contribution in [0.5, 0.6) is 0 Å². The van der Waals surface area contributed by atoms with E-state index in [9.17, 15) is 9.36 Å². The summed E-state index contributed by atoms with van der Waals surface area (Å²) in [7, 11) is -4.09. The first-order valence-electron chi connectivity index (χ1n) is 4.57. The van der Waals surface area contributed by atoms with Crippen LogP contribution < -0.4 is 5.48 Å². The summed E-state index contributed by atoms with van der Waals surface area (Å²) in [5, 5.41) is 0. The molecular formula is C7H12NO5P. The zero-order chi connectivity index (χ0) is 10.2. The summed E-state index contributed by atoms with van der Waals surface area (Å²) in [5.74, 6) is -0.447. The molecule has 1 amide bonds. The Morgan fingerprint density at radius 2 is 2.00 bits per heavy atom. The summed E-state index contributed by atoms with van der Waals surface area (Å²) >= 11 is 0. The molecule has 0 aromatic rings. The van der Waals surface area contributed by atoms with Crippen molar-refractivity contribution in [3.05, 3.63) is 0 Å². The van der Waals surface area contributed by atoms with Gasteiger partial charge in [0.1, 0.15) is 0 Å². The Morgan fingerprint density at radius 3 is 2.64 bits per heavy atom. The van der Waals surface area contributed by atoms with Crippen molar-refractivity contribution in [2.75, 3.05) is 0 Å². The van der Waals surface area contributed by atoms with E-state index in [1.54, 1.807) is 0 Å². The van der Waals surface area contributed by atoms with E-state index in [2.05, 4.69) is 4.62 Å². The van der Waals surface area contributed by atoms with Crippen LogP contribution in [-0.4, -0.2) is 16.4 Å². The van der Waals surface area contributed by atoms with E-state index in [1.807, 2.05) is 5.48 Å². The van der Waals surface area contributed by atoms with Crippen LogP contribution in [0.2, 0.25) is 0 Å². The molecule has 1 spiro atoms. The molecule has 0 radical (unpaired) electrons. The van der Waals surface area contributed by atoms with Crippen molar-refractivity contribution in [2.24, 2.45) is 0 Å². The first-order valence-corrected chi connectivity index (χ1v) is 6.06. The second-order valence-electron chi connectivity index (χ2n) is 3.64. The molecule has 80 valence electrons. The lowest BCUT2D eigenvalue weighted by atomic mass is 9.84. The van der Waals surface area contributed by atoms with E-state index in [-0.39, 0.29) is 0 Å². The predicted octanol–water partition coefficient (Wildman–Crippen LogP) is 0.868. The SMILES string of the molecule is O=C1NOP(=O)(O)OC12CCCCC2. The normalized spacial score (nSPS) is 36.8. The number of hydrogen-bond donors (Lipinski definition) is 2. The van der Waals surface area contributed by atoms with Gasteiger partial charge >= 0.3 is 7.82 Å². The van der Waals surface area contributed by atoms with Crippen LogP contribution in [0.15, 0.2) is 0 Å². The maximum Gasteiger partial charge on any atom is 0.494 e. The van der Waals surface area contributed by atoms with Gasteiger partial charge in [0.05, 0.1) is 0 Å². The van der Waals surface area contributed by atoms with Gasteiger partial charge in [-0.2, -0.15) is 4.62 Å². The molecule has 1 atom stereocenters. The maximum absolute atomic E-state index is 11.5. The van der Waals surface area contributed by atoms with Gasteiger partial charge in [-0.05, 0) is 12.8 Å². The molecule has 1 aliphatic carbocycles. The molecule has 6 nitrogen and oxygen atoms in total. The minimum Gasteiger partial charge on any atom is -0.301 e. The third-order valence-corrected chi connectivity index (χ3v) is 3.52. The Morgan fingerprint density at radius 1 is 1.36 bits per heavy atom. The van der Waals surface area contributed by atoms with Crippen LogP contribution >= 0.6 is 7.82 Å². The van der Waals surface area contributed by atoms with Gasteiger partial charge in [0.25, 0.3) is 5.91 Å². The van der Waals surface area contributed by atoms with E-state index < -0.39 is 19.3 Å². The highest BCUT2D eigenvalue weighted by Crippen LogP contribution is 2.52. The van der Waals surface area contributed by atoms with Crippen LogP contribution in [0.3, 0.4) is 0 Å². The topological polar surface area (TPSA) is 84.9 Å². The van der Waals surface area contributed by atoms with Crippen LogP contribution in [0.4, 0.5) is 0 Å². The molecule has 1 saturated heterocycles. The van der Waals surface area contributed by atoms with Crippen LogP contribution in [0.1, 0.15) is 32.1 Å². The Labute approximate surface area is 81.2 Å². The number of phosphoric acid groups is 1. The van der Waals surface area contributed by atoms with Gasteiger partial charge in [-0.1, -0.05) is 19.3 Å². The molecule has 2 N–H and O–H groups in total. The van der Waals surface area contributed by atoms with Crippen LogP contribution in [0.25, 0.3) is 0 Å². The summed E-state index contributed by atoms with van der Waals surface area (Å²) in [6, 6.07) is 0. The Hall–Kier alpha value is -0.420. The van der Waals surface area contributed by atoms with Gasteiger partial charge in [0.15, 0.2) is 5.60 Å². The highest BCUT2D eigenvalue weighted by Gasteiger charge is 2.50. The molecule has 2 fully saturated rings. The number of amides is 1. The molecule has 14 heavy (non-hydrogen) atoms. The van der Waals surface area contributed by atoms with E-state index in [4.69, 9.17) is 9.42 Å². The highest BCUT2D eigenvalue weighted by atomic mass is 31.2. The molecule has 2 aliphatic rings. The number of rotatable bonds is 0. The van der Waals surface area contributed by atoms with E-state index in [0.29, 0.717) is 12.8 Å². The average molecular weight is 221 g/mol. The largest absolute Gasteiger partial charge is 0.494 e. The number of phosphoric ester groups is 1. The third-order valence-electron chi connectivity index (χ3n) is 2.62. The molecule has 1 aliphatic heterocycles. The smallest absolute Gasteiger partial charge is 0.301 e. The van der Waals surface area contributed by atoms with Crippen molar-refractivity contribution in [3.63, 3.8) is 0 Å². The lowest BCUT2D eigenvalue weighted by molar-refractivity contribution is -0.160. The summed E-state index contributed by atoms with van der Waals surface area (Å²) in [5.41, 5.74) is 0.818. The molecule has 7 heteroatoms. The molecule has 0 aromatic carbocycles. The standard InChI is InChI=1S/C7H12NO5P/c9-6-7(4-2-1-3-5-7)12-14(10,11)13-8-6/h1-5H2,(H,8,9)(H,10,11). The molecular weight excluding hydrogens is 209 g/mol. The minimum atomic E-state index is -4.09. The summed E-state index contributed by atoms with van der Waals surface area (Å²) < 4.78 is 20.2. The van der Waals surface area contributed by atoms with Crippen LogP contribution in [-0.2, 0) is 18.5 Å². The van der Waals surface area contributed by atoms with Gasteiger partial charge in [0.2, 0.25) is 0 Å². The zero-order valence-electron chi connectivity index (χ0n) is 7.56. The number of nitrogens with one attached hydrogen (secondary N) is 1. The summed E-state index contributed by atoms with van der Waals surface area (Å²) in [6.45, 7) is 0. The minimum absolute atomic E-state index is 0.447. The number of hydroxylamine groups is 1. The molecule has 2 rings (SSSR count). The monoisotopic (exact) mass is 221 g/mol. The fourth-order valence-electron chi connectivity index (χ4n) is 1.91. The van der Waals surface area contributed by atoms with Crippen LogP contribution in [0, 0.1) is 0 Å². The van der Waals surface area contributed by atoms with Crippen molar-refractivity contribution in [2.45, 2.75) is 37.7 Å². The number of hydrogen-bond acceptors (Lipinski definition) is 4. The predicted molar refractivity (Wildman–Crippen MR) is 46.0 cm³/mol. The molecule has 1 saturated carbocycles. The van der Waals surface area contributed by atoms with E-state index >= 15 is 0 Å². The lowest BCUT2D eigenvalue weighted by Crippen LogP contribution is -2.52. The molecule has 0 bridgehead atoms. The number of carbonyl (C=O) groups excluding carboxylic acids is 1. The first-order chi connectivity index (χ1) is 6.54. The van der Waals surface area contributed by atoms with E-state index in [1.165, 1.54) is 0 Å². The van der Waals surface area contributed by atoms with Crippen molar-refractivity contribution in [1.29, 1.82) is 0 Å². The highest BCUT2D eigenvalue weighted by molar-refractivity contribution is 7.47. The molecule has 1 unspecified atom stereocenters. The molecule has 1 heterocycles. The lowest BCUT2D eigenvalue weighted by Gasteiger charge is -2.38. The number of carbonyl (C=O) groups is 1.